The number of benzene rings is 2. The van der Waals surface area contributed by atoms with Crippen LogP contribution in [0.4, 0.5) is 5.69 Å². The van der Waals surface area contributed by atoms with E-state index in [4.69, 9.17) is 4.74 Å². The van der Waals surface area contributed by atoms with Crippen molar-refractivity contribution in [3.63, 3.8) is 0 Å². The summed E-state index contributed by atoms with van der Waals surface area (Å²) in [5.41, 5.74) is 1.25. The fraction of sp³-hybridized carbons (Fsp3) is 0.250. The van der Waals surface area contributed by atoms with Crippen LogP contribution in [-0.4, -0.2) is 44.4 Å². The van der Waals surface area contributed by atoms with E-state index >= 15 is 0 Å². The second-order valence-corrected chi connectivity index (χ2v) is 8.75. The van der Waals surface area contributed by atoms with Crippen LogP contribution in [0.5, 0.6) is 0 Å². The topological polar surface area (TPSA) is 96.3 Å². The largest absolute Gasteiger partial charge is 0.456 e. The molecule has 9 heteroatoms. The van der Waals surface area contributed by atoms with Gasteiger partial charge in [-0.05, 0) is 29.8 Å². The molecule has 2 aromatic rings. The number of ether oxygens (including phenoxy) is 1. The highest BCUT2D eigenvalue weighted by Gasteiger charge is 2.26. The Balaban J connectivity index is 1.72. The first-order valence-corrected chi connectivity index (χ1v) is 10.4. The number of hydrogen-bond donors (Lipinski definition) is 0. The van der Waals surface area contributed by atoms with Crippen molar-refractivity contribution in [2.45, 2.75) is 24.3 Å². The van der Waals surface area contributed by atoms with E-state index in [-0.39, 0.29) is 36.0 Å². The molecule has 1 amide bonds. The van der Waals surface area contributed by atoms with Gasteiger partial charge in [-0.3, -0.25) is 4.79 Å². The van der Waals surface area contributed by atoms with Crippen molar-refractivity contribution in [2.75, 3.05) is 19.1 Å². The van der Waals surface area contributed by atoms with Gasteiger partial charge in [-0.1, -0.05) is 30.3 Å². The molecule has 0 atom stereocenters. The standard InChI is InChI=1S/C20H21N3O5S/c1-22(2)29(26,27)17-10-6-7-15(13-17)14-28-20(25)18-11-12-19(24)23(21-18)16-8-4-3-5-9-16/h3-10,13H,11-12,14H2,1-2H3. The number of carbonyl (C=O) groups excluding carboxylic acids is 2. The number of amides is 1. The Kier molecular flexibility index (Phi) is 6.09. The lowest BCUT2D eigenvalue weighted by atomic mass is 10.1. The van der Waals surface area contributed by atoms with Crippen LogP contribution in [-0.2, 0) is 31.0 Å². The number of hydrazone groups is 1. The molecule has 0 aromatic heterocycles. The maximum atomic E-state index is 12.4. The highest BCUT2D eigenvalue weighted by atomic mass is 32.2. The Labute approximate surface area is 169 Å². The summed E-state index contributed by atoms with van der Waals surface area (Å²) in [4.78, 5) is 24.7. The Morgan fingerprint density at radius 3 is 2.52 bits per heavy atom. The molecule has 0 fully saturated rings. The van der Waals surface area contributed by atoms with Gasteiger partial charge in [0.05, 0.1) is 10.6 Å². The molecule has 0 radical (unpaired) electrons. The zero-order valence-electron chi connectivity index (χ0n) is 16.1. The van der Waals surface area contributed by atoms with Gasteiger partial charge in [-0.25, -0.2) is 22.5 Å². The van der Waals surface area contributed by atoms with Gasteiger partial charge in [0.1, 0.15) is 12.3 Å². The quantitative estimate of drug-likeness (QED) is 0.674. The van der Waals surface area contributed by atoms with Gasteiger partial charge >= 0.3 is 5.97 Å². The van der Waals surface area contributed by atoms with Crippen molar-refractivity contribution < 1.29 is 22.7 Å². The molecule has 0 aliphatic carbocycles. The minimum absolute atomic E-state index is 0.103. The summed E-state index contributed by atoms with van der Waals surface area (Å²) < 4.78 is 30.9. The zero-order chi connectivity index (χ0) is 21.0. The van der Waals surface area contributed by atoms with Crippen molar-refractivity contribution in [1.29, 1.82) is 0 Å². The summed E-state index contributed by atoms with van der Waals surface area (Å²) in [5, 5.41) is 5.35. The molecule has 0 bridgehead atoms. The summed E-state index contributed by atoms with van der Waals surface area (Å²) >= 11 is 0. The fourth-order valence-corrected chi connectivity index (χ4v) is 3.68. The average molecular weight is 415 g/mol. The predicted octanol–water partition coefficient (Wildman–Crippen LogP) is 2.16. The van der Waals surface area contributed by atoms with Gasteiger partial charge in [0, 0.05) is 26.9 Å². The SMILES string of the molecule is CN(C)S(=O)(=O)c1cccc(COC(=O)C2=NN(c3ccccc3)C(=O)CC2)c1. The van der Waals surface area contributed by atoms with Crippen LogP contribution >= 0.6 is 0 Å². The van der Waals surface area contributed by atoms with Crippen molar-refractivity contribution in [1.82, 2.24) is 4.31 Å². The molecule has 1 heterocycles. The number of anilines is 1. The molecule has 8 nitrogen and oxygen atoms in total. The van der Waals surface area contributed by atoms with Crippen molar-refractivity contribution in [3.05, 3.63) is 60.2 Å². The summed E-state index contributed by atoms with van der Waals surface area (Å²) in [5.74, 6) is -0.839. The molecule has 1 aliphatic heterocycles. The molecule has 1 aliphatic rings. The van der Waals surface area contributed by atoms with Crippen molar-refractivity contribution in [3.8, 4) is 0 Å². The fourth-order valence-electron chi connectivity index (χ4n) is 2.71. The molecule has 3 rings (SSSR count). The number of rotatable bonds is 6. The molecule has 0 spiro atoms. The third kappa shape index (κ3) is 4.69. The van der Waals surface area contributed by atoms with E-state index in [1.165, 1.54) is 31.2 Å². The smallest absolute Gasteiger partial charge is 0.354 e. The van der Waals surface area contributed by atoms with Gasteiger partial charge < -0.3 is 4.74 Å². The minimum Gasteiger partial charge on any atom is -0.456 e. The van der Waals surface area contributed by atoms with Gasteiger partial charge in [-0.2, -0.15) is 5.10 Å². The predicted molar refractivity (Wildman–Crippen MR) is 108 cm³/mol. The van der Waals surface area contributed by atoms with E-state index in [0.29, 0.717) is 11.3 Å². The second kappa shape index (κ2) is 8.54. The lowest BCUT2D eigenvalue weighted by molar-refractivity contribution is -0.137. The maximum absolute atomic E-state index is 12.4. The molecule has 0 unspecified atom stereocenters. The third-order valence-corrected chi connectivity index (χ3v) is 6.13. The second-order valence-electron chi connectivity index (χ2n) is 6.60. The Hall–Kier alpha value is -3.04. The Morgan fingerprint density at radius 1 is 1.10 bits per heavy atom. The Bertz CT molecular complexity index is 1050. The van der Waals surface area contributed by atoms with Crippen LogP contribution in [0.15, 0.2) is 64.6 Å². The summed E-state index contributed by atoms with van der Waals surface area (Å²) in [6.07, 6.45) is 0.343. The summed E-state index contributed by atoms with van der Waals surface area (Å²) in [7, 11) is -0.683. The molecule has 0 saturated heterocycles. The van der Waals surface area contributed by atoms with Gasteiger partial charge in [-0.15, -0.1) is 0 Å². The number of para-hydroxylation sites is 1. The van der Waals surface area contributed by atoms with Crippen molar-refractivity contribution in [2.24, 2.45) is 5.10 Å². The van der Waals surface area contributed by atoms with Crippen LogP contribution < -0.4 is 5.01 Å². The number of nitrogens with zero attached hydrogens (tertiary/aromatic N) is 3. The maximum Gasteiger partial charge on any atom is 0.354 e. The Morgan fingerprint density at radius 2 is 1.83 bits per heavy atom. The monoisotopic (exact) mass is 415 g/mol. The first-order valence-electron chi connectivity index (χ1n) is 8.93. The van der Waals surface area contributed by atoms with Crippen molar-refractivity contribution >= 4 is 33.3 Å². The molecule has 2 aromatic carbocycles. The van der Waals surface area contributed by atoms with Crippen LogP contribution in [0.1, 0.15) is 18.4 Å². The molecule has 0 saturated carbocycles. The van der Waals surface area contributed by atoms with Gasteiger partial charge in [0.25, 0.3) is 0 Å². The summed E-state index contributed by atoms with van der Waals surface area (Å²) in [6, 6.07) is 15.0. The van der Waals surface area contributed by atoms with Crippen LogP contribution in [0.3, 0.4) is 0 Å². The van der Waals surface area contributed by atoms with E-state index in [2.05, 4.69) is 5.10 Å². The highest BCUT2D eigenvalue weighted by molar-refractivity contribution is 7.89. The molecule has 29 heavy (non-hydrogen) atoms. The number of sulfonamides is 1. The molecule has 152 valence electrons. The highest BCUT2D eigenvalue weighted by Crippen LogP contribution is 2.20. The molecule has 0 N–H and O–H groups in total. The number of carbonyl (C=O) groups is 2. The number of esters is 1. The van der Waals surface area contributed by atoms with Crippen LogP contribution in [0, 0.1) is 0 Å². The van der Waals surface area contributed by atoms with Crippen LogP contribution in [0.25, 0.3) is 0 Å². The zero-order valence-corrected chi connectivity index (χ0v) is 16.9. The first-order chi connectivity index (χ1) is 13.8. The van der Waals surface area contributed by atoms with E-state index < -0.39 is 16.0 Å². The molecular formula is C20H21N3O5S. The first kappa shape index (κ1) is 20.7. The lowest BCUT2D eigenvalue weighted by Gasteiger charge is -2.22. The average Bonchev–Trinajstić information content (AvgIpc) is 2.73. The third-order valence-electron chi connectivity index (χ3n) is 4.32. The normalized spacial score (nSPS) is 14.7. The van der Waals surface area contributed by atoms with Gasteiger partial charge in [0.15, 0.2) is 0 Å². The van der Waals surface area contributed by atoms with Crippen LogP contribution in [0.2, 0.25) is 0 Å². The molecular weight excluding hydrogens is 394 g/mol. The summed E-state index contributed by atoms with van der Waals surface area (Å²) in [6.45, 7) is -0.103. The van der Waals surface area contributed by atoms with E-state index in [1.807, 2.05) is 6.07 Å². The van der Waals surface area contributed by atoms with Gasteiger partial charge in [0.2, 0.25) is 15.9 Å². The minimum atomic E-state index is -3.58. The lowest BCUT2D eigenvalue weighted by Crippen LogP contribution is -2.34. The van der Waals surface area contributed by atoms with E-state index in [1.54, 1.807) is 36.4 Å². The van der Waals surface area contributed by atoms with E-state index in [9.17, 15) is 18.0 Å². The number of hydrogen-bond acceptors (Lipinski definition) is 6. The van der Waals surface area contributed by atoms with E-state index in [0.717, 1.165) is 4.31 Å².